The summed E-state index contributed by atoms with van der Waals surface area (Å²) >= 11 is 0. The Morgan fingerprint density at radius 3 is 3.05 bits per heavy atom. The van der Waals surface area contributed by atoms with Crippen LogP contribution in [0, 0.1) is 0 Å². The number of nitrogens with one attached hydrogen (secondary N) is 1. The molecule has 0 radical (unpaired) electrons. The maximum Gasteiger partial charge on any atom is 0.242 e. The first kappa shape index (κ1) is 13.9. The van der Waals surface area contributed by atoms with E-state index < -0.39 is 0 Å². The van der Waals surface area contributed by atoms with Crippen molar-refractivity contribution in [2.24, 2.45) is 0 Å². The number of nitrogens with zero attached hydrogens (tertiary/aromatic N) is 2. The topological polar surface area (TPSA) is 82.3 Å². The molecule has 1 atom stereocenters. The van der Waals surface area contributed by atoms with E-state index in [-0.39, 0.29) is 5.54 Å². The molecule has 1 unspecified atom stereocenters. The van der Waals surface area contributed by atoms with E-state index in [4.69, 9.17) is 15.2 Å². The molecule has 3 N–H and O–H groups in total. The number of rotatable bonds is 5. The number of aromatic nitrogens is 2. The first-order valence-electron chi connectivity index (χ1n) is 6.74. The number of hydrogen-bond acceptors (Lipinski definition) is 6. The minimum absolute atomic E-state index is 0.136. The van der Waals surface area contributed by atoms with E-state index in [1.807, 2.05) is 6.92 Å². The summed E-state index contributed by atoms with van der Waals surface area (Å²) in [6.45, 7) is 6.22. The molecule has 106 valence electrons. The first-order valence-corrected chi connectivity index (χ1v) is 6.74. The Bertz CT molecular complexity index is 419. The zero-order valence-corrected chi connectivity index (χ0v) is 11.6. The van der Waals surface area contributed by atoms with E-state index in [2.05, 4.69) is 22.2 Å². The third-order valence-electron chi connectivity index (χ3n) is 3.15. The van der Waals surface area contributed by atoms with Gasteiger partial charge in [-0.3, -0.25) is 0 Å². The summed E-state index contributed by atoms with van der Waals surface area (Å²) in [6.07, 6.45) is 4.45. The molecule has 1 saturated heterocycles. The molecule has 0 aliphatic carbocycles. The largest absolute Gasteiger partial charge is 0.476 e. The normalized spacial score (nSPS) is 23.1. The van der Waals surface area contributed by atoms with Gasteiger partial charge in [0, 0.05) is 6.61 Å². The number of nitrogens with two attached hydrogens (primary N) is 1. The van der Waals surface area contributed by atoms with Crippen molar-refractivity contribution < 1.29 is 9.47 Å². The molecule has 0 spiro atoms. The molecular formula is C13H22N4O2. The predicted molar refractivity (Wildman–Crippen MR) is 74.3 cm³/mol. The predicted octanol–water partition coefficient (Wildman–Crippen LogP) is 1.83. The van der Waals surface area contributed by atoms with Gasteiger partial charge >= 0.3 is 0 Å². The van der Waals surface area contributed by atoms with Gasteiger partial charge in [-0.05, 0) is 26.2 Å². The summed E-state index contributed by atoms with van der Waals surface area (Å²) in [6, 6.07) is 0. The van der Waals surface area contributed by atoms with Gasteiger partial charge in [0.05, 0.1) is 18.8 Å². The van der Waals surface area contributed by atoms with Crippen LogP contribution in [0.4, 0.5) is 11.5 Å². The van der Waals surface area contributed by atoms with Crippen molar-refractivity contribution in [2.45, 2.75) is 38.6 Å². The molecule has 0 bridgehead atoms. The van der Waals surface area contributed by atoms with Crippen molar-refractivity contribution in [1.82, 2.24) is 9.97 Å². The van der Waals surface area contributed by atoms with Crippen molar-refractivity contribution in [3.05, 3.63) is 6.33 Å². The summed E-state index contributed by atoms with van der Waals surface area (Å²) in [5.74, 6) is 1.06. The summed E-state index contributed by atoms with van der Waals surface area (Å²) in [4.78, 5) is 8.27. The van der Waals surface area contributed by atoms with Crippen molar-refractivity contribution in [3.63, 3.8) is 0 Å². The van der Waals surface area contributed by atoms with Gasteiger partial charge in [-0.2, -0.15) is 4.98 Å². The van der Waals surface area contributed by atoms with Crippen LogP contribution in [0.2, 0.25) is 0 Å². The number of ether oxygens (including phenoxy) is 2. The minimum atomic E-state index is -0.136. The van der Waals surface area contributed by atoms with Crippen LogP contribution < -0.4 is 15.8 Å². The van der Waals surface area contributed by atoms with Gasteiger partial charge in [0.25, 0.3) is 0 Å². The molecule has 6 heteroatoms. The quantitative estimate of drug-likeness (QED) is 0.846. The van der Waals surface area contributed by atoms with E-state index in [0.29, 0.717) is 30.6 Å². The third-order valence-corrected chi connectivity index (χ3v) is 3.15. The third kappa shape index (κ3) is 3.47. The molecule has 2 heterocycles. The van der Waals surface area contributed by atoms with Crippen LogP contribution in [0.3, 0.4) is 0 Å². The maximum absolute atomic E-state index is 6.05. The highest BCUT2D eigenvalue weighted by Gasteiger charge is 2.29. The molecule has 1 aliphatic heterocycles. The van der Waals surface area contributed by atoms with E-state index >= 15 is 0 Å². The standard InChI is InChI=1S/C13H22N4O2/c1-3-6-19-12-10(14)11(15-9-16-12)17-13(2)5-4-7-18-8-13/h9H,3-8,14H2,1-2H3,(H,15,16,17). The van der Waals surface area contributed by atoms with Crippen LogP contribution in [0.5, 0.6) is 5.88 Å². The Morgan fingerprint density at radius 2 is 2.37 bits per heavy atom. The molecule has 1 aliphatic rings. The molecular weight excluding hydrogens is 244 g/mol. The van der Waals surface area contributed by atoms with Crippen LogP contribution in [0.1, 0.15) is 33.1 Å². The van der Waals surface area contributed by atoms with Crippen LogP contribution >= 0.6 is 0 Å². The monoisotopic (exact) mass is 266 g/mol. The number of anilines is 2. The van der Waals surface area contributed by atoms with Gasteiger partial charge in [-0.1, -0.05) is 6.92 Å². The average Bonchev–Trinajstić information content (AvgIpc) is 2.40. The fourth-order valence-electron chi connectivity index (χ4n) is 2.11. The number of hydrogen-bond donors (Lipinski definition) is 2. The molecule has 1 aromatic heterocycles. The van der Waals surface area contributed by atoms with Crippen molar-refractivity contribution in [3.8, 4) is 5.88 Å². The van der Waals surface area contributed by atoms with E-state index in [9.17, 15) is 0 Å². The minimum Gasteiger partial charge on any atom is -0.476 e. The SMILES string of the molecule is CCCOc1ncnc(NC2(C)CCCOC2)c1N. The second kappa shape index (κ2) is 6.06. The molecule has 1 fully saturated rings. The van der Waals surface area contributed by atoms with Crippen LogP contribution in [-0.4, -0.2) is 35.3 Å². The lowest BCUT2D eigenvalue weighted by Crippen LogP contribution is -2.43. The van der Waals surface area contributed by atoms with E-state index in [1.165, 1.54) is 6.33 Å². The van der Waals surface area contributed by atoms with Crippen molar-refractivity contribution >= 4 is 11.5 Å². The van der Waals surface area contributed by atoms with Crippen molar-refractivity contribution in [2.75, 3.05) is 30.9 Å². The average molecular weight is 266 g/mol. The smallest absolute Gasteiger partial charge is 0.242 e. The fourth-order valence-corrected chi connectivity index (χ4v) is 2.11. The second-order valence-electron chi connectivity index (χ2n) is 5.13. The zero-order chi connectivity index (χ0) is 13.7. The Labute approximate surface area is 113 Å². The van der Waals surface area contributed by atoms with Gasteiger partial charge in [0.15, 0.2) is 5.82 Å². The van der Waals surface area contributed by atoms with Gasteiger partial charge in [-0.15, -0.1) is 0 Å². The molecule has 0 amide bonds. The summed E-state index contributed by atoms with van der Waals surface area (Å²) < 4.78 is 11.0. The summed E-state index contributed by atoms with van der Waals surface area (Å²) in [7, 11) is 0. The Hall–Kier alpha value is -1.56. The lowest BCUT2D eigenvalue weighted by Gasteiger charge is -2.35. The Morgan fingerprint density at radius 1 is 1.53 bits per heavy atom. The molecule has 2 rings (SSSR count). The van der Waals surface area contributed by atoms with E-state index in [1.54, 1.807) is 0 Å². The molecule has 1 aromatic rings. The maximum atomic E-state index is 6.05. The number of nitrogen functional groups attached to an aromatic ring is 1. The highest BCUT2D eigenvalue weighted by molar-refractivity contribution is 5.67. The van der Waals surface area contributed by atoms with Gasteiger partial charge < -0.3 is 20.5 Å². The Kier molecular flexibility index (Phi) is 4.42. The zero-order valence-electron chi connectivity index (χ0n) is 11.6. The van der Waals surface area contributed by atoms with Gasteiger partial charge in [-0.25, -0.2) is 4.98 Å². The fraction of sp³-hybridized carbons (Fsp3) is 0.692. The van der Waals surface area contributed by atoms with Crippen LogP contribution in [0.25, 0.3) is 0 Å². The molecule has 0 aromatic carbocycles. The van der Waals surface area contributed by atoms with Gasteiger partial charge in [0.2, 0.25) is 5.88 Å². The van der Waals surface area contributed by atoms with Crippen molar-refractivity contribution in [1.29, 1.82) is 0 Å². The summed E-state index contributed by atoms with van der Waals surface area (Å²) in [5.41, 5.74) is 6.37. The molecule has 6 nitrogen and oxygen atoms in total. The summed E-state index contributed by atoms with van der Waals surface area (Å²) in [5, 5.41) is 3.36. The molecule has 0 saturated carbocycles. The highest BCUT2D eigenvalue weighted by atomic mass is 16.5. The Balaban J connectivity index is 2.11. The second-order valence-corrected chi connectivity index (χ2v) is 5.13. The van der Waals surface area contributed by atoms with E-state index in [0.717, 1.165) is 25.9 Å². The lowest BCUT2D eigenvalue weighted by molar-refractivity contribution is 0.0539. The first-order chi connectivity index (χ1) is 9.14. The highest BCUT2D eigenvalue weighted by Crippen LogP contribution is 2.30. The molecule has 19 heavy (non-hydrogen) atoms. The lowest BCUT2D eigenvalue weighted by atomic mass is 9.95. The van der Waals surface area contributed by atoms with Gasteiger partial charge in [0.1, 0.15) is 12.0 Å². The van der Waals surface area contributed by atoms with Crippen LogP contribution in [0.15, 0.2) is 6.33 Å². The van der Waals surface area contributed by atoms with Crippen LogP contribution in [-0.2, 0) is 4.74 Å².